The van der Waals surface area contributed by atoms with Crippen LogP contribution in [0.25, 0.3) is 11.1 Å². The van der Waals surface area contributed by atoms with Gasteiger partial charge in [0.25, 0.3) is 0 Å². The van der Waals surface area contributed by atoms with Crippen LogP contribution in [0.4, 0.5) is 0 Å². The molecule has 0 aliphatic carbocycles. The highest BCUT2D eigenvalue weighted by molar-refractivity contribution is 9.10. The molecule has 0 aliphatic heterocycles. The van der Waals surface area contributed by atoms with Crippen molar-refractivity contribution in [1.29, 1.82) is 0 Å². The number of aliphatic hydroxyl groups is 1. The molecule has 0 amide bonds. The zero-order chi connectivity index (χ0) is 13.3. The van der Waals surface area contributed by atoms with Crippen LogP contribution in [-0.2, 0) is 5.60 Å². The SMILES string of the molecule is CC(C)(O)c1ccc(Cl)cc1-c1cccc(Br)c1. The van der Waals surface area contributed by atoms with Crippen molar-refractivity contribution >= 4 is 27.5 Å². The molecule has 0 spiro atoms. The third-order valence-corrected chi connectivity index (χ3v) is 3.50. The summed E-state index contributed by atoms with van der Waals surface area (Å²) in [4.78, 5) is 0. The molecule has 2 rings (SSSR count). The van der Waals surface area contributed by atoms with Gasteiger partial charge in [-0.1, -0.05) is 45.7 Å². The van der Waals surface area contributed by atoms with Crippen LogP contribution in [-0.4, -0.2) is 5.11 Å². The van der Waals surface area contributed by atoms with E-state index in [0.717, 1.165) is 21.2 Å². The highest BCUT2D eigenvalue weighted by Crippen LogP contribution is 2.34. The lowest BCUT2D eigenvalue weighted by Gasteiger charge is -2.22. The van der Waals surface area contributed by atoms with Crippen molar-refractivity contribution in [2.24, 2.45) is 0 Å². The van der Waals surface area contributed by atoms with Gasteiger partial charge in [-0.15, -0.1) is 0 Å². The number of halogens is 2. The summed E-state index contributed by atoms with van der Waals surface area (Å²) in [7, 11) is 0. The van der Waals surface area contributed by atoms with Crippen LogP contribution < -0.4 is 0 Å². The van der Waals surface area contributed by atoms with Gasteiger partial charge in [-0.3, -0.25) is 0 Å². The maximum absolute atomic E-state index is 10.2. The summed E-state index contributed by atoms with van der Waals surface area (Å²) in [5, 5.41) is 10.9. The zero-order valence-electron chi connectivity index (χ0n) is 10.2. The van der Waals surface area contributed by atoms with Gasteiger partial charge in [0.2, 0.25) is 0 Å². The normalized spacial score (nSPS) is 11.6. The molecule has 1 nitrogen and oxygen atoms in total. The molecule has 0 bridgehead atoms. The third kappa shape index (κ3) is 2.94. The molecule has 94 valence electrons. The molecule has 1 N–H and O–H groups in total. The average molecular weight is 326 g/mol. The minimum absolute atomic E-state index is 0.665. The molecule has 0 atom stereocenters. The second-order valence-corrected chi connectivity index (χ2v) is 6.11. The van der Waals surface area contributed by atoms with Gasteiger partial charge in [-0.25, -0.2) is 0 Å². The van der Waals surface area contributed by atoms with Crippen molar-refractivity contribution in [3.8, 4) is 11.1 Å². The van der Waals surface area contributed by atoms with Crippen LogP contribution in [0.5, 0.6) is 0 Å². The zero-order valence-corrected chi connectivity index (χ0v) is 12.6. The Labute approximate surface area is 121 Å². The fourth-order valence-electron chi connectivity index (χ4n) is 1.94. The molecule has 0 radical (unpaired) electrons. The van der Waals surface area contributed by atoms with Gasteiger partial charge in [-0.05, 0) is 54.8 Å². The van der Waals surface area contributed by atoms with Crippen molar-refractivity contribution < 1.29 is 5.11 Å². The predicted octanol–water partition coefficient (Wildman–Crippen LogP) is 5.00. The summed E-state index contributed by atoms with van der Waals surface area (Å²) >= 11 is 9.52. The number of hydrogen-bond acceptors (Lipinski definition) is 1. The van der Waals surface area contributed by atoms with Gasteiger partial charge in [-0.2, -0.15) is 0 Å². The first kappa shape index (κ1) is 13.6. The molecule has 0 fully saturated rings. The topological polar surface area (TPSA) is 20.2 Å². The van der Waals surface area contributed by atoms with Crippen molar-refractivity contribution in [3.05, 3.63) is 57.5 Å². The van der Waals surface area contributed by atoms with E-state index in [-0.39, 0.29) is 0 Å². The molecule has 18 heavy (non-hydrogen) atoms. The molecule has 0 unspecified atom stereocenters. The summed E-state index contributed by atoms with van der Waals surface area (Å²) in [6.45, 7) is 3.55. The van der Waals surface area contributed by atoms with E-state index in [4.69, 9.17) is 11.6 Å². The van der Waals surface area contributed by atoms with E-state index < -0.39 is 5.60 Å². The van der Waals surface area contributed by atoms with Gasteiger partial charge in [0.15, 0.2) is 0 Å². The van der Waals surface area contributed by atoms with E-state index in [2.05, 4.69) is 15.9 Å². The Morgan fingerprint density at radius 3 is 2.44 bits per heavy atom. The summed E-state index contributed by atoms with van der Waals surface area (Å²) in [6, 6.07) is 13.5. The number of rotatable bonds is 2. The average Bonchev–Trinajstić information content (AvgIpc) is 2.27. The molecule has 0 saturated carbocycles. The quantitative estimate of drug-likeness (QED) is 0.824. The molecule has 2 aromatic carbocycles. The molecule has 3 heteroatoms. The van der Waals surface area contributed by atoms with E-state index in [9.17, 15) is 5.11 Å². The summed E-state index contributed by atoms with van der Waals surface area (Å²) < 4.78 is 1.00. The lowest BCUT2D eigenvalue weighted by atomic mass is 9.90. The van der Waals surface area contributed by atoms with Crippen LogP contribution in [0.3, 0.4) is 0 Å². The Hall–Kier alpha value is -0.830. The van der Waals surface area contributed by atoms with E-state index >= 15 is 0 Å². The fourth-order valence-corrected chi connectivity index (χ4v) is 2.52. The smallest absolute Gasteiger partial charge is 0.0846 e. The van der Waals surface area contributed by atoms with Gasteiger partial charge >= 0.3 is 0 Å². The highest BCUT2D eigenvalue weighted by Gasteiger charge is 2.20. The lowest BCUT2D eigenvalue weighted by Crippen LogP contribution is -2.16. The van der Waals surface area contributed by atoms with Crippen LogP contribution in [0.15, 0.2) is 46.9 Å². The predicted molar refractivity (Wildman–Crippen MR) is 79.8 cm³/mol. The van der Waals surface area contributed by atoms with Gasteiger partial charge in [0.1, 0.15) is 0 Å². The van der Waals surface area contributed by atoms with Gasteiger partial charge < -0.3 is 5.11 Å². The first-order valence-corrected chi connectivity index (χ1v) is 6.83. The Kier molecular flexibility index (Phi) is 3.81. The van der Waals surface area contributed by atoms with Crippen LogP contribution in [0, 0.1) is 0 Å². The third-order valence-electron chi connectivity index (χ3n) is 2.78. The second-order valence-electron chi connectivity index (χ2n) is 4.76. The Morgan fingerprint density at radius 2 is 1.83 bits per heavy atom. The first-order valence-electron chi connectivity index (χ1n) is 5.66. The summed E-state index contributed by atoms with van der Waals surface area (Å²) in [5.74, 6) is 0. The highest BCUT2D eigenvalue weighted by atomic mass is 79.9. The molecule has 0 saturated heterocycles. The molecule has 0 aromatic heterocycles. The van der Waals surface area contributed by atoms with Crippen molar-refractivity contribution in [3.63, 3.8) is 0 Å². The minimum Gasteiger partial charge on any atom is -0.386 e. The fraction of sp³-hybridized carbons (Fsp3) is 0.200. The largest absolute Gasteiger partial charge is 0.386 e. The lowest BCUT2D eigenvalue weighted by molar-refractivity contribution is 0.0792. The maximum Gasteiger partial charge on any atom is 0.0846 e. The molecule has 2 aromatic rings. The summed E-state index contributed by atoms with van der Waals surface area (Å²) in [5.41, 5.74) is 1.95. The minimum atomic E-state index is -0.901. The molecular weight excluding hydrogens is 312 g/mol. The molecular formula is C15H14BrClO. The van der Waals surface area contributed by atoms with Gasteiger partial charge in [0.05, 0.1) is 5.60 Å². The maximum atomic E-state index is 10.2. The van der Waals surface area contributed by atoms with Crippen molar-refractivity contribution in [2.75, 3.05) is 0 Å². The second kappa shape index (κ2) is 5.04. The molecule has 0 aliphatic rings. The van der Waals surface area contributed by atoms with Crippen LogP contribution >= 0.6 is 27.5 Å². The monoisotopic (exact) mass is 324 g/mol. The molecule has 0 heterocycles. The Morgan fingerprint density at radius 1 is 1.11 bits per heavy atom. The van der Waals surface area contributed by atoms with Gasteiger partial charge in [0, 0.05) is 9.50 Å². The summed E-state index contributed by atoms with van der Waals surface area (Å²) in [6.07, 6.45) is 0. The number of hydrogen-bond donors (Lipinski definition) is 1. The van der Waals surface area contributed by atoms with E-state index in [1.807, 2.05) is 36.4 Å². The van der Waals surface area contributed by atoms with Crippen LogP contribution in [0.2, 0.25) is 5.02 Å². The van der Waals surface area contributed by atoms with E-state index in [0.29, 0.717) is 5.02 Å². The standard InChI is InChI=1S/C15H14BrClO/c1-15(2,18)14-7-6-12(17)9-13(14)10-4-3-5-11(16)8-10/h3-9,18H,1-2H3. The van der Waals surface area contributed by atoms with E-state index in [1.165, 1.54) is 0 Å². The van der Waals surface area contributed by atoms with E-state index in [1.54, 1.807) is 19.9 Å². The number of benzene rings is 2. The first-order chi connectivity index (χ1) is 8.38. The Bertz CT molecular complexity index is 573. The Balaban J connectivity index is 2.66. The van der Waals surface area contributed by atoms with Crippen molar-refractivity contribution in [2.45, 2.75) is 19.4 Å². The van der Waals surface area contributed by atoms with Crippen molar-refractivity contribution in [1.82, 2.24) is 0 Å². The van der Waals surface area contributed by atoms with Crippen LogP contribution in [0.1, 0.15) is 19.4 Å².